The molecular formula is C8H15F3N2O. The zero-order valence-corrected chi connectivity index (χ0v) is 8.46. The van der Waals surface area contributed by atoms with E-state index in [1.54, 1.807) is 5.32 Å². The van der Waals surface area contributed by atoms with Crippen LogP contribution in [0, 0.1) is 0 Å². The van der Waals surface area contributed by atoms with E-state index in [0.29, 0.717) is 0 Å². The van der Waals surface area contributed by atoms with Gasteiger partial charge in [-0.25, -0.2) is 0 Å². The van der Waals surface area contributed by atoms with Crippen molar-refractivity contribution >= 4 is 5.91 Å². The number of hydrogen-bond acceptors (Lipinski definition) is 2. The lowest BCUT2D eigenvalue weighted by atomic mass is 10.1. The monoisotopic (exact) mass is 212 g/mol. The van der Waals surface area contributed by atoms with Gasteiger partial charge in [-0.15, -0.1) is 0 Å². The van der Waals surface area contributed by atoms with E-state index < -0.39 is 18.6 Å². The lowest BCUT2D eigenvalue weighted by Crippen LogP contribution is -2.45. The third-order valence-electron chi connectivity index (χ3n) is 1.27. The van der Waals surface area contributed by atoms with Crippen molar-refractivity contribution in [2.75, 3.05) is 13.1 Å². The summed E-state index contributed by atoms with van der Waals surface area (Å²) in [6.45, 7) is 4.08. The van der Waals surface area contributed by atoms with Crippen LogP contribution in [-0.4, -0.2) is 30.7 Å². The molecule has 0 aliphatic rings. The Kier molecular flexibility index (Phi) is 4.38. The first-order valence-corrected chi connectivity index (χ1v) is 4.19. The molecule has 6 heteroatoms. The second kappa shape index (κ2) is 4.63. The molecule has 0 heterocycles. The van der Waals surface area contributed by atoms with Crippen LogP contribution in [0.15, 0.2) is 0 Å². The van der Waals surface area contributed by atoms with Gasteiger partial charge in [-0.05, 0) is 20.8 Å². The van der Waals surface area contributed by atoms with Gasteiger partial charge in [-0.2, -0.15) is 13.2 Å². The minimum Gasteiger partial charge on any atom is -0.346 e. The van der Waals surface area contributed by atoms with Gasteiger partial charge in [0.1, 0.15) is 6.54 Å². The lowest BCUT2D eigenvalue weighted by Gasteiger charge is -2.20. The van der Waals surface area contributed by atoms with E-state index in [0.717, 1.165) is 0 Å². The highest BCUT2D eigenvalue weighted by molar-refractivity contribution is 5.78. The Balaban J connectivity index is 3.68. The van der Waals surface area contributed by atoms with E-state index in [9.17, 15) is 18.0 Å². The average Bonchev–Trinajstić information content (AvgIpc) is 1.94. The van der Waals surface area contributed by atoms with Gasteiger partial charge in [0.15, 0.2) is 0 Å². The van der Waals surface area contributed by atoms with Gasteiger partial charge < -0.3 is 10.6 Å². The Labute approximate surface area is 81.1 Å². The standard InChI is InChI=1S/C8H15F3N2O/c1-7(2,3)13-4-6(14)12-5-8(9,10)11/h13H,4-5H2,1-3H3,(H,12,14). The van der Waals surface area contributed by atoms with E-state index in [1.165, 1.54) is 0 Å². The van der Waals surface area contributed by atoms with E-state index >= 15 is 0 Å². The van der Waals surface area contributed by atoms with Crippen molar-refractivity contribution in [3.8, 4) is 0 Å². The lowest BCUT2D eigenvalue weighted by molar-refractivity contribution is -0.138. The Morgan fingerprint density at radius 1 is 1.21 bits per heavy atom. The number of halogens is 3. The summed E-state index contributed by atoms with van der Waals surface area (Å²) >= 11 is 0. The maximum atomic E-state index is 11.7. The van der Waals surface area contributed by atoms with E-state index in [2.05, 4.69) is 5.32 Å². The third-order valence-corrected chi connectivity index (χ3v) is 1.27. The zero-order chi connectivity index (χ0) is 11.4. The third kappa shape index (κ3) is 9.31. The van der Waals surface area contributed by atoms with Crippen LogP contribution < -0.4 is 10.6 Å². The molecule has 1 amide bonds. The largest absolute Gasteiger partial charge is 0.405 e. The fraction of sp³-hybridized carbons (Fsp3) is 0.875. The molecule has 0 aliphatic heterocycles. The highest BCUT2D eigenvalue weighted by atomic mass is 19.4. The molecule has 0 bridgehead atoms. The Morgan fingerprint density at radius 3 is 2.07 bits per heavy atom. The van der Waals surface area contributed by atoms with Crippen molar-refractivity contribution in [2.24, 2.45) is 0 Å². The van der Waals surface area contributed by atoms with Crippen molar-refractivity contribution in [2.45, 2.75) is 32.5 Å². The second-order valence-corrected chi connectivity index (χ2v) is 4.00. The molecular weight excluding hydrogens is 197 g/mol. The number of amides is 1. The van der Waals surface area contributed by atoms with Crippen molar-refractivity contribution in [3.05, 3.63) is 0 Å². The summed E-state index contributed by atoms with van der Waals surface area (Å²) in [4.78, 5) is 10.9. The van der Waals surface area contributed by atoms with Gasteiger partial charge >= 0.3 is 6.18 Å². The topological polar surface area (TPSA) is 41.1 Å². The quantitative estimate of drug-likeness (QED) is 0.734. The first-order chi connectivity index (χ1) is 6.10. The number of alkyl halides is 3. The maximum absolute atomic E-state index is 11.7. The van der Waals surface area contributed by atoms with E-state index in [-0.39, 0.29) is 12.1 Å². The molecule has 0 aliphatic carbocycles. The second-order valence-electron chi connectivity index (χ2n) is 4.00. The average molecular weight is 212 g/mol. The van der Waals surface area contributed by atoms with Crippen molar-refractivity contribution in [1.29, 1.82) is 0 Å². The van der Waals surface area contributed by atoms with Crippen molar-refractivity contribution < 1.29 is 18.0 Å². The number of nitrogens with one attached hydrogen (secondary N) is 2. The van der Waals surface area contributed by atoms with Gasteiger partial charge in [0.25, 0.3) is 0 Å². The molecule has 0 unspecified atom stereocenters. The van der Waals surface area contributed by atoms with Crippen LogP contribution >= 0.6 is 0 Å². The minimum absolute atomic E-state index is 0.112. The summed E-state index contributed by atoms with van der Waals surface area (Å²) in [5.74, 6) is -0.655. The Bertz CT molecular complexity index is 176. The summed E-state index contributed by atoms with van der Waals surface area (Å²) < 4.78 is 35.0. The first kappa shape index (κ1) is 13.2. The molecule has 0 fully saturated rings. The summed E-state index contributed by atoms with van der Waals surface area (Å²) in [6.07, 6.45) is -4.35. The van der Waals surface area contributed by atoms with Crippen LogP contribution in [0.3, 0.4) is 0 Å². The molecule has 0 radical (unpaired) electrons. The summed E-state index contributed by atoms with van der Waals surface area (Å²) in [5.41, 5.74) is -0.282. The van der Waals surface area contributed by atoms with Crippen LogP contribution in [0.5, 0.6) is 0 Å². The normalized spacial score (nSPS) is 12.7. The molecule has 0 spiro atoms. The molecule has 0 aromatic heterocycles. The van der Waals surface area contributed by atoms with Crippen LogP contribution in [-0.2, 0) is 4.79 Å². The van der Waals surface area contributed by atoms with Crippen LogP contribution in [0.1, 0.15) is 20.8 Å². The first-order valence-electron chi connectivity index (χ1n) is 4.19. The van der Waals surface area contributed by atoms with Crippen LogP contribution in [0.4, 0.5) is 13.2 Å². The summed E-state index contributed by atoms with van der Waals surface area (Å²) in [7, 11) is 0. The maximum Gasteiger partial charge on any atom is 0.405 e. The van der Waals surface area contributed by atoms with Gasteiger partial charge in [0.05, 0.1) is 6.54 Å². The fourth-order valence-electron chi connectivity index (χ4n) is 0.607. The predicted octanol–water partition coefficient (Wildman–Crippen LogP) is 1.05. The number of hydrogen-bond donors (Lipinski definition) is 2. The highest BCUT2D eigenvalue weighted by Crippen LogP contribution is 2.11. The van der Waals surface area contributed by atoms with Crippen LogP contribution in [0.25, 0.3) is 0 Å². The van der Waals surface area contributed by atoms with Crippen LogP contribution in [0.2, 0.25) is 0 Å². The molecule has 84 valence electrons. The molecule has 0 aromatic carbocycles. The Hall–Kier alpha value is -0.780. The minimum atomic E-state index is -4.35. The van der Waals surface area contributed by atoms with E-state index in [4.69, 9.17) is 0 Å². The number of carbonyl (C=O) groups is 1. The molecule has 2 N–H and O–H groups in total. The number of rotatable bonds is 3. The molecule has 0 aromatic rings. The zero-order valence-electron chi connectivity index (χ0n) is 8.46. The summed E-state index contributed by atoms with van der Waals surface area (Å²) in [6, 6.07) is 0. The molecule has 3 nitrogen and oxygen atoms in total. The van der Waals surface area contributed by atoms with Gasteiger partial charge in [0.2, 0.25) is 5.91 Å². The molecule has 0 rings (SSSR count). The highest BCUT2D eigenvalue weighted by Gasteiger charge is 2.27. The van der Waals surface area contributed by atoms with Gasteiger partial charge in [-0.3, -0.25) is 4.79 Å². The SMILES string of the molecule is CC(C)(C)NCC(=O)NCC(F)(F)F. The fourth-order valence-corrected chi connectivity index (χ4v) is 0.607. The van der Waals surface area contributed by atoms with Crippen molar-refractivity contribution in [3.63, 3.8) is 0 Å². The molecule has 0 saturated heterocycles. The smallest absolute Gasteiger partial charge is 0.346 e. The van der Waals surface area contributed by atoms with Gasteiger partial charge in [0, 0.05) is 5.54 Å². The van der Waals surface area contributed by atoms with E-state index in [1.807, 2.05) is 20.8 Å². The van der Waals surface area contributed by atoms with Crippen molar-refractivity contribution in [1.82, 2.24) is 10.6 Å². The summed E-state index contributed by atoms with van der Waals surface area (Å²) in [5, 5.41) is 4.55. The van der Waals surface area contributed by atoms with Gasteiger partial charge in [-0.1, -0.05) is 0 Å². The molecule has 0 atom stereocenters. The Morgan fingerprint density at radius 2 is 1.71 bits per heavy atom. The molecule has 14 heavy (non-hydrogen) atoms. The molecule has 0 saturated carbocycles. The predicted molar refractivity (Wildman–Crippen MR) is 46.8 cm³/mol. The number of carbonyl (C=O) groups excluding carboxylic acids is 1.